The lowest BCUT2D eigenvalue weighted by molar-refractivity contribution is -0.132. The van der Waals surface area contributed by atoms with Gasteiger partial charge in [0.2, 0.25) is 0 Å². The predicted molar refractivity (Wildman–Crippen MR) is 101 cm³/mol. The number of ether oxygens (including phenoxy) is 1. The van der Waals surface area contributed by atoms with Gasteiger partial charge in [-0.1, -0.05) is 32.0 Å². The second kappa shape index (κ2) is 8.22. The van der Waals surface area contributed by atoms with Crippen LogP contribution in [-0.2, 0) is 4.79 Å². The van der Waals surface area contributed by atoms with Crippen LogP contribution in [-0.4, -0.2) is 55.5 Å². The van der Waals surface area contributed by atoms with Crippen molar-refractivity contribution in [3.8, 4) is 5.75 Å². The second-order valence-electron chi connectivity index (χ2n) is 8.01. The summed E-state index contributed by atoms with van der Waals surface area (Å²) in [6.07, 6.45) is 3.71. The number of likely N-dealkylation sites (tertiary alicyclic amines) is 2. The van der Waals surface area contributed by atoms with Gasteiger partial charge in [0.1, 0.15) is 5.75 Å². The molecule has 25 heavy (non-hydrogen) atoms. The Bertz CT molecular complexity index is 579. The normalized spacial score (nSPS) is 22.6. The summed E-state index contributed by atoms with van der Waals surface area (Å²) in [5.74, 6) is 2.84. The largest absolute Gasteiger partial charge is 0.483 e. The van der Waals surface area contributed by atoms with Crippen molar-refractivity contribution in [1.82, 2.24) is 9.80 Å². The molecule has 0 aromatic heterocycles. The van der Waals surface area contributed by atoms with Gasteiger partial charge >= 0.3 is 0 Å². The lowest BCUT2D eigenvalue weighted by Crippen LogP contribution is -2.36. The number of nitrogens with zero attached hydrogens (tertiary/aromatic N) is 2. The Kier molecular flexibility index (Phi) is 6.00. The highest BCUT2D eigenvalue weighted by Crippen LogP contribution is 2.32. The van der Waals surface area contributed by atoms with Gasteiger partial charge in [-0.2, -0.15) is 0 Å². The number of hydrogen-bond donors (Lipinski definition) is 0. The first-order chi connectivity index (χ1) is 12.0. The molecule has 0 radical (unpaired) electrons. The Labute approximate surface area is 152 Å². The predicted octanol–water partition coefficient (Wildman–Crippen LogP) is 3.38. The molecule has 1 atom stereocenters. The van der Waals surface area contributed by atoms with Crippen LogP contribution in [0.2, 0.25) is 0 Å². The average Bonchev–Trinajstić information content (AvgIpc) is 3.10. The topological polar surface area (TPSA) is 32.8 Å². The fourth-order valence-electron chi connectivity index (χ4n) is 4.22. The fourth-order valence-corrected chi connectivity index (χ4v) is 4.22. The third-order valence-electron chi connectivity index (χ3n) is 5.90. The van der Waals surface area contributed by atoms with Gasteiger partial charge in [-0.3, -0.25) is 4.79 Å². The maximum Gasteiger partial charge on any atom is 0.260 e. The van der Waals surface area contributed by atoms with Gasteiger partial charge in [0.25, 0.3) is 5.91 Å². The average molecular weight is 344 g/mol. The van der Waals surface area contributed by atoms with Crippen molar-refractivity contribution in [1.29, 1.82) is 0 Å². The van der Waals surface area contributed by atoms with Gasteiger partial charge in [0.15, 0.2) is 6.61 Å². The first-order valence-electron chi connectivity index (χ1n) is 9.72. The molecule has 4 nitrogen and oxygen atoms in total. The van der Waals surface area contributed by atoms with Crippen LogP contribution in [0.3, 0.4) is 0 Å². The summed E-state index contributed by atoms with van der Waals surface area (Å²) in [5, 5.41) is 0. The maximum absolute atomic E-state index is 12.6. The summed E-state index contributed by atoms with van der Waals surface area (Å²) in [6, 6.07) is 8.04. The van der Waals surface area contributed by atoms with Crippen LogP contribution in [0.1, 0.15) is 44.6 Å². The van der Waals surface area contributed by atoms with Crippen molar-refractivity contribution >= 4 is 5.91 Å². The highest BCUT2D eigenvalue weighted by Gasteiger charge is 2.33. The van der Waals surface area contributed by atoms with Gasteiger partial charge in [0, 0.05) is 13.1 Å². The molecule has 2 aliphatic heterocycles. The van der Waals surface area contributed by atoms with Crippen molar-refractivity contribution in [2.24, 2.45) is 11.8 Å². The van der Waals surface area contributed by atoms with Gasteiger partial charge in [-0.25, -0.2) is 0 Å². The molecule has 138 valence electrons. The zero-order chi connectivity index (χ0) is 17.8. The van der Waals surface area contributed by atoms with E-state index in [1.54, 1.807) is 0 Å². The van der Waals surface area contributed by atoms with Crippen LogP contribution >= 0.6 is 0 Å². The zero-order valence-corrected chi connectivity index (χ0v) is 15.9. The van der Waals surface area contributed by atoms with E-state index in [1.165, 1.54) is 31.5 Å². The summed E-state index contributed by atoms with van der Waals surface area (Å²) in [5.41, 5.74) is 1.17. The molecule has 4 heteroatoms. The molecule has 1 aromatic carbocycles. The molecule has 3 rings (SSSR count). The minimum atomic E-state index is 0.133. The van der Waals surface area contributed by atoms with Gasteiger partial charge in [-0.15, -0.1) is 0 Å². The Morgan fingerprint density at radius 1 is 1.12 bits per heavy atom. The lowest BCUT2D eigenvalue weighted by atomic mass is 9.84. The summed E-state index contributed by atoms with van der Waals surface area (Å²) in [4.78, 5) is 17.0. The molecular weight excluding hydrogens is 312 g/mol. The van der Waals surface area contributed by atoms with Crippen LogP contribution < -0.4 is 4.74 Å². The van der Waals surface area contributed by atoms with E-state index in [9.17, 15) is 4.79 Å². The molecule has 1 amide bonds. The molecule has 2 aliphatic rings. The fraction of sp³-hybridized carbons (Fsp3) is 0.667. The number of hydrogen-bond acceptors (Lipinski definition) is 3. The third kappa shape index (κ3) is 4.55. The van der Waals surface area contributed by atoms with E-state index in [0.717, 1.165) is 31.2 Å². The molecule has 0 saturated carbocycles. The number of amides is 1. The minimum Gasteiger partial charge on any atom is -0.483 e. The molecule has 1 aromatic rings. The number of carbonyl (C=O) groups is 1. The van der Waals surface area contributed by atoms with E-state index < -0.39 is 0 Å². The van der Waals surface area contributed by atoms with Crippen LogP contribution in [0.25, 0.3) is 0 Å². The first-order valence-corrected chi connectivity index (χ1v) is 9.72. The van der Waals surface area contributed by atoms with Crippen LogP contribution in [0.4, 0.5) is 0 Å². The van der Waals surface area contributed by atoms with Gasteiger partial charge in [-0.05, 0) is 68.8 Å². The number of benzene rings is 1. The van der Waals surface area contributed by atoms with Crippen molar-refractivity contribution in [3.63, 3.8) is 0 Å². The Hall–Kier alpha value is -1.55. The summed E-state index contributed by atoms with van der Waals surface area (Å²) >= 11 is 0. The van der Waals surface area contributed by atoms with E-state index in [-0.39, 0.29) is 12.5 Å². The molecule has 0 bridgehead atoms. The van der Waals surface area contributed by atoms with Crippen LogP contribution in [0, 0.1) is 11.8 Å². The van der Waals surface area contributed by atoms with E-state index in [2.05, 4.69) is 31.9 Å². The van der Waals surface area contributed by atoms with Gasteiger partial charge < -0.3 is 14.5 Å². The standard InChI is InChI=1S/C21H32N2O2/c1-16(2)19-6-4-5-7-20(19)25-15-21(24)23-13-10-18(14-23)17-8-11-22(3)12-9-17/h4-7,16-18H,8-15H2,1-3H3. The van der Waals surface area contributed by atoms with E-state index in [4.69, 9.17) is 4.74 Å². The van der Waals surface area contributed by atoms with E-state index >= 15 is 0 Å². The first kappa shape index (κ1) is 18.2. The Morgan fingerprint density at radius 3 is 2.52 bits per heavy atom. The Balaban J connectivity index is 1.50. The maximum atomic E-state index is 12.6. The number of carbonyl (C=O) groups excluding carboxylic acids is 1. The summed E-state index contributed by atoms with van der Waals surface area (Å²) in [6.45, 7) is 8.67. The number of rotatable bonds is 5. The summed E-state index contributed by atoms with van der Waals surface area (Å²) < 4.78 is 5.87. The van der Waals surface area contributed by atoms with Crippen molar-refractivity contribution in [3.05, 3.63) is 29.8 Å². The molecule has 1 unspecified atom stereocenters. The third-order valence-corrected chi connectivity index (χ3v) is 5.90. The highest BCUT2D eigenvalue weighted by molar-refractivity contribution is 5.78. The molecule has 2 heterocycles. The highest BCUT2D eigenvalue weighted by atomic mass is 16.5. The van der Waals surface area contributed by atoms with Crippen LogP contribution in [0.5, 0.6) is 5.75 Å². The van der Waals surface area contributed by atoms with Crippen LogP contribution in [0.15, 0.2) is 24.3 Å². The smallest absolute Gasteiger partial charge is 0.260 e. The Morgan fingerprint density at radius 2 is 1.80 bits per heavy atom. The molecule has 0 N–H and O–H groups in total. The van der Waals surface area contributed by atoms with Crippen molar-refractivity contribution < 1.29 is 9.53 Å². The van der Waals surface area contributed by atoms with E-state index in [1.807, 2.05) is 23.1 Å². The van der Waals surface area contributed by atoms with Crippen molar-refractivity contribution in [2.75, 3.05) is 39.8 Å². The minimum absolute atomic E-state index is 0.133. The molecule has 0 aliphatic carbocycles. The molecule has 2 saturated heterocycles. The number of piperidine rings is 1. The van der Waals surface area contributed by atoms with Gasteiger partial charge in [0.05, 0.1) is 0 Å². The van der Waals surface area contributed by atoms with Crippen molar-refractivity contribution in [2.45, 2.75) is 39.0 Å². The molecule has 2 fully saturated rings. The quantitative estimate of drug-likeness (QED) is 0.821. The monoisotopic (exact) mass is 344 g/mol. The van der Waals surface area contributed by atoms with E-state index in [0.29, 0.717) is 11.8 Å². The molecule has 0 spiro atoms. The lowest BCUT2D eigenvalue weighted by Gasteiger charge is -2.32. The zero-order valence-electron chi connectivity index (χ0n) is 15.9. The number of para-hydroxylation sites is 1. The SMILES string of the molecule is CC(C)c1ccccc1OCC(=O)N1CCC(C2CCN(C)CC2)C1. The second-order valence-corrected chi connectivity index (χ2v) is 8.01. The molecular formula is C21H32N2O2. The summed E-state index contributed by atoms with van der Waals surface area (Å²) in [7, 11) is 2.20.